The zero-order valence-electron chi connectivity index (χ0n) is 5.69. The van der Waals surface area contributed by atoms with Gasteiger partial charge in [0.25, 0.3) is 5.91 Å². The summed E-state index contributed by atoms with van der Waals surface area (Å²) in [6, 6.07) is 0. The van der Waals surface area contributed by atoms with Gasteiger partial charge < -0.3 is 11.5 Å². The molecule has 0 aliphatic heterocycles. The van der Waals surface area contributed by atoms with Gasteiger partial charge in [-0.05, 0) is 6.92 Å². The Kier molecular flexibility index (Phi) is 4.06. The molecule has 5 heteroatoms. The molecule has 56 valence electrons. The highest BCUT2D eigenvalue weighted by molar-refractivity contribution is 6.26. The minimum absolute atomic E-state index is 0.301. The Morgan fingerprint density at radius 1 is 1.70 bits per heavy atom. The van der Waals surface area contributed by atoms with E-state index in [9.17, 15) is 4.79 Å². The molecule has 1 atom stereocenters. The van der Waals surface area contributed by atoms with Gasteiger partial charge in [-0.2, -0.15) is 0 Å². The van der Waals surface area contributed by atoms with Gasteiger partial charge in [-0.1, -0.05) is 0 Å². The standard InChI is InChI=1S/C5H10N4O/c1-4(6)9-3-8-2-5(7)10/h2-4H,6H2,1H3,(H2,7,10). The highest BCUT2D eigenvalue weighted by Gasteiger charge is 1.81. The van der Waals surface area contributed by atoms with Crippen molar-refractivity contribution in [2.45, 2.75) is 13.1 Å². The predicted octanol–water partition coefficient (Wildman–Crippen LogP) is -1.12. The van der Waals surface area contributed by atoms with E-state index in [1.54, 1.807) is 6.92 Å². The first-order valence-electron chi connectivity index (χ1n) is 2.72. The second-order valence-electron chi connectivity index (χ2n) is 1.69. The molecule has 0 fully saturated rings. The van der Waals surface area contributed by atoms with E-state index in [0.717, 1.165) is 6.21 Å². The van der Waals surface area contributed by atoms with Gasteiger partial charge in [0.05, 0.1) is 12.4 Å². The summed E-state index contributed by atoms with van der Waals surface area (Å²) in [6.45, 7) is 1.69. The van der Waals surface area contributed by atoms with Crippen molar-refractivity contribution in [2.24, 2.45) is 21.5 Å². The number of nitrogens with zero attached hydrogens (tertiary/aromatic N) is 2. The molecular formula is C5H10N4O. The lowest BCUT2D eigenvalue weighted by Gasteiger charge is -1.89. The number of amides is 1. The summed E-state index contributed by atoms with van der Waals surface area (Å²) >= 11 is 0. The Labute approximate surface area is 58.8 Å². The van der Waals surface area contributed by atoms with Gasteiger partial charge in [0.1, 0.15) is 6.34 Å². The third kappa shape index (κ3) is 6.77. The van der Waals surface area contributed by atoms with Gasteiger partial charge in [0.15, 0.2) is 0 Å². The number of rotatable bonds is 3. The molecule has 1 unspecified atom stereocenters. The number of carbonyl (C=O) groups is 1. The second-order valence-corrected chi connectivity index (χ2v) is 1.69. The highest BCUT2D eigenvalue weighted by atomic mass is 16.1. The molecule has 0 spiro atoms. The lowest BCUT2D eigenvalue weighted by Crippen LogP contribution is -2.12. The van der Waals surface area contributed by atoms with E-state index in [4.69, 9.17) is 11.5 Å². The van der Waals surface area contributed by atoms with Crippen molar-refractivity contribution in [3.8, 4) is 0 Å². The molecule has 0 saturated heterocycles. The Balaban J connectivity index is 3.62. The molecule has 5 nitrogen and oxygen atoms in total. The molecule has 0 bridgehead atoms. The van der Waals surface area contributed by atoms with Gasteiger partial charge in [-0.25, -0.2) is 4.99 Å². The van der Waals surface area contributed by atoms with E-state index in [0.29, 0.717) is 0 Å². The van der Waals surface area contributed by atoms with Crippen LogP contribution in [-0.2, 0) is 4.79 Å². The van der Waals surface area contributed by atoms with Crippen molar-refractivity contribution < 1.29 is 4.79 Å². The minimum Gasteiger partial charge on any atom is -0.365 e. The quantitative estimate of drug-likeness (QED) is 0.385. The van der Waals surface area contributed by atoms with Crippen molar-refractivity contribution in [3.63, 3.8) is 0 Å². The fourth-order valence-corrected chi connectivity index (χ4v) is 0.250. The van der Waals surface area contributed by atoms with Gasteiger partial charge in [-0.3, -0.25) is 9.79 Å². The Morgan fingerprint density at radius 3 is 2.70 bits per heavy atom. The largest absolute Gasteiger partial charge is 0.365 e. The summed E-state index contributed by atoms with van der Waals surface area (Å²) in [5.41, 5.74) is 9.95. The average molecular weight is 142 g/mol. The van der Waals surface area contributed by atoms with Crippen LogP contribution in [0.1, 0.15) is 6.92 Å². The van der Waals surface area contributed by atoms with E-state index >= 15 is 0 Å². The van der Waals surface area contributed by atoms with E-state index in [2.05, 4.69) is 9.98 Å². The predicted molar refractivity (Wildman–Crippen MR) is 39.8 cm³/mol. The van der Waals surface area contributed by atoms with E-state index < -0.39 is 5.91 Å². The molecule has 0 aliphatic rings. The zero-order valence-corrected chi connectivity index (χ0v) is 5.69. The van der Waals surface area contributed by atoms with Gasteiger partial charge in [0, 0.05) is 0 Å². The molecule has 0 rings (SSSR count). The number of hydrogen-bond acceptors (Lipinski definition) is 3. The molecule has 0 radical (unpaired) electrons. The van der Waals surface area contributed by atoms with Crippen molar-refractivity contribution >= 4 is 18.5 Å². The average Bonchev–Trinajstić information content (AvgIpc) is 1.79. The Morgan fingerprint density at radius 2 is 2.30 bits per heavy atom. The monoisotopic (exact) mass is 142 g/mol. The van der Waals surface area contributed by atoms with Crippen LogP contribution in [-0.4, -0.2) is 24.6 Å². The first kappa shape index (κ1) is 8.77. The molecule has 0 saturated carbocycles. The molecule has 4 N–H and O–H groups in total. The Hall–Kier alpha value is -1.23. The minimum atomic E-state index is -0.601. The third-order valence-electron chi connectivity index (χ3n) is 0.570. The lowest BCUT2D eigenvalue weighted by atomic mass is 10.6. The molecule has 0 aromatic rings. The van der Waals surface area contributed by atoms with Crippen LogP contribution in [0.2, 0.25) is 0 Å². The van der Waals surface area contributed by atoms with Crippen LogP contribution in [0.4, 0.5) is 0 Å². The molecule has 0 aliphatic carbocycles. The van der Waals surface area contributed by atoms with Crippen LogP contribution in [0, 0.1) is 0 Å². The number of carbonyl (C=O) groups excluding carboxylic acids is 1. The first-order chi connectivity index (χ1) is 4.63. The lowest BCUT2D eigenvalue weighted by molar-refractivity contribution is -0.111. The number of nitrogens with two attached hydrogens (primary N) is 2. The topological polar surface area (TPSA) is 93.8 Å². The Bertz CT molecular complexity index is 161. The maximum absolute atomic E-state index is 10.0. The SMILES string of the molecule is CC(N)N=CN=CC(N)=O. The van der Waals surface area contributed by atoms with Crippen molar-refractivity contribution in [3.05, 3.63) is 0 Å². The molecule has 0 aromatic carbocycles. The normalized spacial score (nSPS) is 14.6. The van der Waals surface area contributed by atoms with Crippen LogP contribution in [0.5, 0.6) is 0 Å². The van der Waals surface area contributed by atoms with Crippen LogP contribution in [0.3, 0.4) is 0 Å². The number of hydrogen-bond donors (Lipinski definition) is 2. The third-order valence-corrected chi connectivity index (χ3v) is 0.570. The fourth-order valence-electron chi connectivity index (χ4n) is 0.250. The van der Waals surface area contributed by atoms with Gasteiger partial charge >= 0.3 is 0 Å². The van der Waals surface area contributed by atoms with Crippen LogP contribution >= 0.6 is 0 Å². The summed E-state index contributed by atoms with van der Waals surface area (Å²) < 4.78 is 0. The highest BCUT2D eigenvalue weighted by Crippen LogP contribution is 1.72. The summed E-state index contributed by atoms with van der Waals surface area (Å²) in [5, 5.41) is 0. The van der Waals surface area contributed by atoms with Crippen molar-refractivity contribution in [1.29, 1.82) is 0 Å². The zero-order chi connectivity index (χ0) is 7.98. The molecule has 10 heavy (non-hydrogen) atoms. The van der Waals surface area contributed by atoms with Crippen LogP contribution in [0.15, 0.2) is 9.98 Å². The summed E-state index contributed by atoms with van der Waals surface area (Å²) in [7, 11) is 0. The fraction of sp³-hybridized carbons (Fsp3) is 0.400. The summed E-state index contributed by atoms with van der Waals surface area (Å²) in [4.78, 5) is 17.1. The van der Waals surface area contributed by atoms with Gasteiger partial charge in [-0.15, -0.1) is 0 Å². The second kappa shape index (κ2) is 4.63. The van der Waals surface area contributed by atoms with Gasteiger partial charge in [0.2, 0.25) is 0 Å². The van der Waals surface area contributed by atoms with E-state index in [1.807, 2.05) is 0 Å². The summed E-state index contributed by atoms with van der Waals surface area (Å²) in [6.07, 6.45) is 1.85. The van der Waals surface area contributed by atoms with E-state index in [-0.39, 0.29) is 6.17 Å². The van der Waals surface area contributed by atoms with Crippen molar-refractivity contribution in [2.75, 3.05) is 0 Å². The molecule has 0 heterocycles. The van der Waals surface area contributed by atoms with Crippen molar-refractivity contribution in [1.82, 2.24) is 0 Å². The number of aliphatic imine (C=N–C) groups is 2. The maximum atomic E-state index is 10.0. The molecular weight excluding hydrogens is 132 g/mol. The molecule has 1 amide bonds. The first-order valence-corrected chi connectivity index (χ1v) is 2.72. The number of primary amides is 1. The summed E-state index contributed by atoms with van der Waals surface area (Å²) in [5.74, 6) is -0.601. The maximum Gasteiger partial charge on any atom is 0.259 e. The van der Waals surface area contributed by atoms with Crippen LogP contribution < -0.4 is 11.5 Å². The van der Waals surface area contributed by atoms with Crippen LogP contribution in [0.25, 0.3) is 0 Å². The molecule has 0 aromatic heterocycles. The van der Waals surface area contributed by atoms with E-state index in [1.165, 1.54) is 6.34 Å². The smallest absolute Gasteiger partial charge is 0.259 e.